The van der Waals surface area contributed by atoms with Crippen LogP contribution in [0.4, 0.5) is 5.69 Å². The van der Waals surface area contributed by atoms with Crippen LogP contribution in [0.5, 0.6) is 5.75 Å². The quantitative estimate of drug-likeness (QED) is 0.620. The Balaban J connectivity index is 2.08. The van der Waals surface area contributed by atoms with E-state index < -0.39 is 4.92 Å². The van der Waals surface area contributed by atoms with Gasteiger partial charge < -0.3 is 4.74 Å². The molecule has 0 amide bonds. The molecule has 94 valence electrons. The van der Waals surface area contributed by atoms with E-state index in [0.717, 1.165) is 5.56 Å². The van der Waals surface area contributed by atoms with Crippen molar-refractivity contribution in [3.05, 3.63) is 69.8 Å². The molecule has 0 aliphatic rings. The number of hydrogen-bond donors (Lipinski definition) is 0. The minimum absolute atomic E-state index is 0.0109. The molecule has 0 fully saturated rings. The van der Waals surface area contributed by atoms with Crippen molar-refractivity contribution in [2.75, 3.05) is 0 Å². The number of nitrogens with zero attached hydrogens (tertiary/aromatic N) is 2. The van der Waals surface area contributed by atoms with Crippen LogP contribution in [0.15, 0.2) is 48.5 Å². The summed E-state index contributed by atoms with van der Waals surface area (Å²) in [6.45, 7) is 0.261. The smallest absolute Gasteiger partial charge is 0.273 e. The second-order valence-electron chi connectivity index (χ2n) is 3.86. The third-order valence-electron chi connectivity index (χ3n) is 2.49. The molecule has 0 aliphatic heterocycles. The van der Waals surface area contributed by atoms with Gasteiger partial charge in [0.15, 0.2) is 0 Å². The van der Waals surface area contributed by atoms with Crippen molar-refractivity contribution in [3.8, 4) is 11.8 Å². The normalized spacial score (nSPS) is 9.63. The van der Waals surface area contributed by atoms with Gasteiger partial charge >= 0.3 is 0 Å². The number of non-ortho nitro benzene ring substituents is 1. The van der Waals surface area contributed by atoms with Crippen molar-refractivity contribution in [3.63, 3.8) is 0 Å². The maximum atomic E-state index is 10.6. The molecule has 2 rings (SSSR count). The summed E-state index contributed by atoms with van der Waals surface area (Å²) >= 11 is 0. The molecule has 0 heterocycles. The number of benzene rings is 2. The molecule has 5 nitrogen and oxygen atoms in total. The third-order valence-corrected chi connectivity index (χ3v) is 2.49. The predicted molar refractivity (Wildman–Crippen MR) is 68.6 cm³/mol. The Labute approximate surface area is 109 Å². The maximum absolute atomic E-state index is 10.6. The van der Waals surface area contributed by atoms with E-state index in [-0.39, 0.29) is 12.3 Å². The summed E-state index contributed by atoms with van der Waals surface area (Å²) in [6, 6.07) is 15.1. The van der Waals surface area contributed by atoms with Crippen LogP contribution in [0.2, 0.25) is 0 Å². The Morgan fingerprint density at radius 3 is 2.74 bits per heavy atom. The van der Waals surface area contributed by atoms with E-state index in [4.69, 9.17) is 10.00 Å². The molecule has 0 spiro atoms. The largest absolute Gasteiger partial charge is 0.489 e. The van der Waals surface area contributed by atoms with E-state index in [0.29, 0.717) is 11.3 Å². The Morgan fingerprint density at radius 1 is 1.21 bits per heavy atom. The zero-order valence-corrected chi connectivity index (χ0v) is 9.95. The van der Waals surface area contributed by atoms with Crippen LogP contribution >= 0.6 is 0 Å². The van der Waals surface area contributed by atoms with Crippen LogP contribution in [0.3, 0.4) is 0 Å². The molecule has 0 aliphatic carbocycles. The van der Waals surface area contributed by atoms with E-state index in [2.05, 4.69) is 0 Å². The summed E-state index contributed by atoms with van der Waals surface area (Å²) < 4.78 is 5.47. The van der Waals surface area contributed by atoms with Crippen molar-refractivity contribution >= 4 is 5.69 Å². The predicted octanol–water partition coefficient (Wildman–Crippen LogP) is 3.05. The molecule has 0 saturated heterocycles. The first-order valence-electron chi connectivity index (χ1n) is 5.55. The van der Waals surface area contributed by atoms with Crippen molar-refractivity contribution < 1.29 is 9.66 Å². The van der Waals surface area contributed by atoms with Crippen molar-refractivity contribution in [2.45, 2.75) is 6.61 Å². The molecular formula is C14H10N2O3. The van der Waals surface area contributed by atoms with E-state index >= 15 is 0 Å². The van der Waals surface area contributed by atoms with Gasteiger partial charge in [-0.1, -0.05) is 18.2 Å². The molecule has 2 aromatic rings. The van der Waals surface area contributed by atoms with Crippen molar-refractivity contribution in [1.82, 2.24) is 0 Å². The lowest BCUT2D eigenvalue weighted by atomic mass is 10.1. The zero-order chi connectivity index (χ0) is 13.7. The molecule has 0 aromatic heterocycles. The maximum Gasteiger partial charge on any atom is 0.273 e. The highest BCUT2D eigenvalue weighted by molar-refractivity contribution is 5.38. The fourth-order valence-electron chi connectivity index (χ4n) is 1.58. The van der Waals surface area contributed by atoms with Gasteiger partial charge in [-0.25, -0.2) is 0 Å². The van der Waals surface area contributed by atoms with Gasteiger partial charge in [0, 0.05) is 6.07 Å². The number of nitro groups is 1. The number of nitriles is 1. The fourth-order valence-corrected chi connectivity index (χ4v) is 1.58. The van der Waals surface area contributed by atoms with Crippen LogP contribution in [0.25, 0.3) is 0 Å². The van der Waals surface area contributed by atoms with Crippen LogP contribution < -0.4 is 4.74 Å². The summed E-state index contributed by atoms with van der Waals surface area (Å²) in [6.07, 6.45) is 0. The Kier molecular flexibility index (Phi) is 3.74. The molecule has 5 heteroatoms. The first-order chi connectivity index (χ1) is 9.19. The number of nitro benzene ring substituents is 1. The van der Waals surface area contributed by atoms with Crippen molar-refractivity contribution in [1.29, 1.82) is 5.26 Å². The van der Waals surface area contributed by atoms with Gasteiger partial charge in [0.25, 0.3) is 5.69 Å². The number of hydrogen-bond acceptors (Lipinski definition) is 4. The highest BCUT2D eigenvalue weighted by atomic mass is 16.6. The highest BCUT2D eigenvalue weighted by Gasteiger charge is 2.06. The third kappa shape index (κ3) is 3.30. The van der Waals surface area contributed by atoms with Crippen LogP contribution in [-0.4, -0.2) is 4.92 Å². The van der Waals surface area contributed by atoms with Gasteiger partial charge in [0.2, 0.25) is 0 Å². The minimum Gasteiger partial charge on any atom is -0.489 e. The van der Waals surface area contributed by atoms with Gasteiger partial charge in [-0.05, 0) is 23.8 Å². The highest BCUT2D eigenvalue weighted by Crippen LogP contribution is 2.20. The monoisotopic (exact) mass is 254 g/mol. The van der Waals surface area contributed by atoms with Gasteiger partial charge in [-0.15, -0.1) is 0 Å². The summed E-state index contributed by atoms with van der Waals surface area (Å²) in [5.41, 5.74) is 1.38. The van der Waals surface area contributed by atoms with Gasteiger partial charge in [0.05, 0.1) is 22.6 Å². The Bertz CT molecular complexity index is 647. The number of rotatable bonds is 4. The van der Waals surface area contributed by atoms with E-state index in [1.54, 1.807) is 30.3 Å². The lowest BCUT2D eigenvalue weighted by molar-refractivity contribution is -0.384. The Hall–Kier alpha value is -2.87. The fraction of sp³-hybridized carbons (Fsp3) is 0.0714. The van der Waals surface area contributed by atoms with E-state index in [1.165, 1.54) is 12.1 Å². The molecule has 0 radical (unpaired) electrons. The number of ether oxygens (including phenoxy) is 1. The molecule has 0 bridgehead atoms. The lowest BCUT2D eigenvalue weighted by Gasteiger charge is -2.06. The molecule has 0 atom stereocenters. The topological polar surface area (TPSA) is 76.2 Å². The molecule has 0 saturated carbocycles. The second-order valence-corrected chi connectivity index (χ2v) is 3.86. The lowest BCUT2D eigenvalue weighted by Crippen LogP contribution is -1.96. The van der Waals surface area contributed by atoms with Gasteiger partial charge in [0.1, 0.15) is 12.4 Å². The first kappa shape index (κ1) is 12.6. The second kappa shape index (κ2) is 5.65. The molecule has 2 aromatic carbocycles. The van der Waals surface area contributed by atoms with Crippen LogP contribution in [0, 0.1) is 21.4 Å². The first-order valence-corrected chi connectivity index (χ1v) is 5.55. The Morgan fingerprint density at radius 2 is 2.00 bits per heavy atom. The van der Waals surface area contributed by atoms with Crippen molar-refractivity contribution in [2.24, 2.45) is 0 Å². The summed E-state index contributed by atoms with van der Waals surface area (Å²) in [5.74, 6) is 0.427. The van der Waals surface area contributed by atoms with E-state index in [1.807, 2.05) is 12.1 Å². The summed E-state index contributed by atoms with van der Waals surface area (Å²) in [7, 11) is 0. The molecule has 0 N–H and O–H groups in total. The van der Waals surface area contributed by atoms with Gasteiger partial charge in [-0.3, -0.25) is 10.1 Å². The van der Waals surface area contributed by atoms with Crippen LogP contribution in [0.1, 0.15) is 11.1 Å². The summed E-state index contributed by atoms with van der Waals surface area (Å²) in [4.78, 5) is 10.2. The molecule has 19 heavy (non-hydrogen) atoms. The standard InChI is InChI=1S/C14H10N2O3/c15-9-11-3-1-4-12(7-11)10-19-14-6-2-5-13(8-14)16(17)18/h1-8H,10H2. The van der Waals surface area contributed by atoms with Crippen LogP contribution in [-0.2, 0) is 6.61 Å². The minimum atomic E-state index is -0.469. The zero-order valence-electron chi connectivity index (χ0n) is 9.95. The SMILES string of the molecule is N#Cc1cccc(COc2cccc([N+](=O)[O-])c2)c1. The average molecular weight is 254 g/mol. The molecular weight excluding hydrogens is 244 g/mol. The average Bonchev–Trinajstić information content (AvgIpc) is 2.45. The van der Waals surface area contributed by atoms with Gasteiger partial charge in [-0.2, -0.15) is 5.26 Å². The van der Waals surface area contributed by atoms with E-state index in [9.17, 15) is 10.1 Å². The summed E-state index contributed by atoms with van der Waals surface area (Å²) in [5, 5.41) is 19.4. The molecule has 0 unspecified atom stereocenters.